The Kier molecular flexibility index (Phi) is 4.70. The maximum Gasteiger partial charge on any atom is 0.321 e. The lowest BCUT2D eigenvalue weighted by Crippen LogP contribution is -2.30. The lowest BCUT2D eigenvalue weighted by Gasteiger charge is -2.05. The molecule has 0 aliphatic heterocycles. The first-order valence-corrected chi connectivity index (χ1v) is 8.47. The highest BCUT2D eigenvalue weighted by Gasteiger charge is 2.09. The van der Waals surface area contributed by atoms with Gasteiger partial charge >= 0.3 is 6.03 Å². The molecule has 0 spiro atoms. The number of anilines is 1. The van der Waals surface area contributed by atoms with Crippen LogP contribution >= 0.6 is 27.3 Å². The van der Waals surface area contributed by atoms with E-state index in [2.05, 4.69) is 31.5 Å². The zero-order valence-electron chi connectivity index (χ0n) is 11.7. The molecule has 0 aliphatic rings. The molecule has 2 amide bonds. The summed E-state index contributed by atoms with van der Waals surface area (Å²) in [7, 11) is 0. The fraction of sp³-hybridized carbons (Fsp3) is 0.125. The summed E-state index contributed by atoms with van der Waals surface area (Å²) in [4.78, 5) is 16.3. The van der Waals surface area contributed by atoms with Gasteiger partial charge in [0.15, 0.2) is 5.13 Å². The second-order valence-electron chi connectivity index (χ2n) is 4.72. The predicted octanol–water partition coefficient (Wildman–Crippen LogP) is 4.42. The van der Waals surface area contributed by atoms with Gasteiger partial charge in [-0.2, -0.15) is 0 Å². The molecule has 112 valence electrons. The van der Waals surface area contributed by atoms with Gasteiger partial charge in [0.2, 0.25) is 0 Å². The van der Waals surface area contributed by atoms with Gasteiger partial charge in [-0.1, -0.05) is 47.7 Å². The van der Waals surface area contributed by atoms with Crippen LogP contribution in [0.1, 0.15) is 5.56 Å². The summed E-state index contributed by atoms with van der Waals surface area (Å²) in [5.41, 5.74) is 2.07. The molecule has 2 aromatic carbocycles. The van der Waals surface area contributed by atoms with Crippen LogP contribution in [0.25, 0.3) is 10.2 Å². The van der Waals surface area contributed by atoms with Crippen LogP contribution in [-0.4, -0.2) is 17.6 Å². The number of amides is 2. The number of hydrogen-bond donors (Lipinski definition) is 2. The monoisotopic (exact) mass is 375 g/mol. The molecule has 0 unspecified atom stereocenters. The smallest absolute Gasteiger partial charge is 0.321 e. The number of nitrogens with one attached hydrogen (secondary N) is 2. The summed E-state index contributed by atoms with van der Waals surface area (Å²) in [6.45, 7) is 0.588. The molecule has 4 nitrogen and oxygen atoms in total. The van der Waals surface area contributed by atoms with Crippen molar-refractivity contribution >= 4 is 48.6 Å². The first-order valence-electron chi connectivity index (χ1n) is 6.86. The van der Waals surface area contributed by atoms with Crippen molar-refractivity contribution in [2.75, 3.05) is 11.9 Å². The number of benzene rings is 2. The number of hydrogen-bond acceptors (Lipinski definition) is 3. The van der Waals surface area contributed by atoms with E-state index in [0.29, 0.717) is 11.7 Å². The third kappa shape index (κ3) is 3.64. The minimum atomic E-state index is -0.230. The number of halogens is 1. The first-order chi connectivity index (χ1) is 10.7. The Bertz CT molecular complexity index is 788. The van der Waals surface area contributed by atoms with Gasteiger partial charge in [-0.05, 0) is 40.0 Å². The molecule has 0 saturated carbocycles. The van der Waals surface area contributed by atoms with E-state index in [-0.39, 0.29) is 6.03 Å². The van der Waals surface area contributed by atoms with Crippen LogP contribution in [0.5, 0.6) is 0 Å². The van der Waals surface area contributed by atoms with E-state index in [1.165, 1.54) is 16.9 Å². The molecule has 2 N–H and O–H groups in total. The SMILES string of the molecule is O=C(NCCc1ccccc1)Nc1nc2c(Br)cccc2s1. The fourth-order valence-corrected chi connectivity index (χ4v) is 3.55. The largest absolute Gasteiger partial charge is 0.337 e. The van der Waals surface area contributed by atoms with Crippen LogP contribution in [0.4, 0.5) is 9.93 Å². The molecule has 0 radical (unpaired) electrons. The average Bonchev–Trinajstić information content (AvgIpc) is 2.92. The van der Waals surface area contributed by atoms with Crippen LogP contribution in [0.15, 0.2) is 53.0 Å². The van der Waals surface area contributed by atoms with E-state index in [9.17, 15) is 4.79 Å². The molecule has 0 atom stereocenters. The zero-order chi connectivity index (χ0) is 15.4. The van der Waals surface area contributed by atoms with Crippen LogP contribution in [0.2, 0.25) is 0 Å². The Morgan fingerprint density at radius 2 is 1.95 bits per heavy atom. The van der Waals surface area contributed by atoms with E-state index in [0.717, 1.165) is 21.1 Å². The van der Waals surface area contributed by atoms with E-state index in [4.69, 9.17) is 0 Å². The Labute approximate surface area is 140 Å². The van der Waals surface area contributed by atoms with Crippen LogP contribution in [-0.2, 0) is 6.42 Å². The molecule has 0 bridgehead atoms. The Morgan fingerprint density at radius 1 is 1.14 bits per heavy atom. The van der Waals surface area contributed by atoms with Crippen molar-refractivity contribution in [1.29, 1.82) is 0 Å². The van der Waals surface area contributed by atoms with E-state index < -0.39 is 0 Å². The lowest BCUT2D eigenvalue weighted by molar-refractivity contribution is 0.252. The number of rotatable bonds is 4. The third-order valence-electron chi connectivity index (χ3n) is 3.13. The van der Waals surface area contributed by atoms with Gasteiger partial charge < -0.3 is 5.32 Å². The van der Waals surface area contributed by atoms with Crippen molar-refractivity contribution in [3.63, 3.8) is 0 Å². The summed E-state index contributed by atoms with van der Waals surface area (Å²) in [6, 6.07) is 15.7. The number of aromatic nitrogens is 1. The standard InChI is InChI=1S/C16H14BrN3OS/c17-12-7-4-8-13-14(12)19-16(22-13)20-15(21)18-10-9-11-5-2-1-3-6-11/h1-8H,9-10H2,(H2,18,19,20,21). The molecule has 3 rings (SSSR count). The van der Waals surface area contributed by atoms with Crippen molar-refractivity contribution in [2.24, 2.45) is 0 Å². The van der Waals surface area contributed by atoms with Crippen LogP contribution in [0, 0.1) is 0 Å². The van der Waals surface area contributed by atoms with Crippen molar-refractivity contribution in [3.05, 3.63) is 58.6 Å². The second kappa shape index (κ2) is 6.89. The highest BCUT2D eigenvalue weighted by Crippen LogP contribution is 2.30. The Morgan fingerprint density at radius 3 is 2.73 bits per heavy atom. The molecule has 6 heteroatoms. The molecule has 0 saturated heterocycles. The second-order valence-corrected chi connectivity index (χ2v) is 6.61. The molecule has 22 heavy (non-hydrogen) atoms. The summed E-state index contributed by atoms with van der Waals surface area (Å²) in [5, 5.41) is 6.22. The number of nitrogens with zero attached hydrogens (tertiary/aromatic N) is 1. The minimum absolute atomic E-state index is 0.230. The molecule has 0 fully saturated rings. The van der Waals surface area contributed by atoms with Crippen molar-refractivity contribution in [2.45, 2.75) is 6.42 Å². The van der Waals surface area contributed by atoms with Gasteiger partial charge in [0.25, 0.3) is 0 Å². The molecule has 0 aliphatic carbocycles. The van der Waals surface area contributed by atoms with Gasteiger partial charge in [-0.15, -0.1) is 0 Å². The van der Waals surface area contributed by atoms with E-state index in [1.807, 2.05) is 48.5 Å². The van der Waals surface area contributed by atoms with Crippen LogP contribution < -0.4 is 10.6 Å². The summed E-state index contributed by atoms with van der Waals surface area (Å²) >= 11 is 4.92. The first kappa shape index (κ1) is 15.0. The zero-order valence-corrected chi connectivity index (χ0v) is 14.1. The topological polar surface area (TPSA) is 54.0 Å². The van der Waals surface area contributed by atoms with E-state index in [1.54, 1.807) is 0 Å². The molecule has 1 aromatic heterocycles. The summed E-state index contributed by atoms with van der Waals surface area (Å²) < 4.78 is 1.97. The maximum absolute atomic E-state index is 11.9. The summed E-state index contributed by atoms with van der Waals surface area (Å²) in [6.07, 6.45) is 0.805. The number of fused-ring (bicyclic) bond motifs is 1. The normalized spacial score (nSPS) is 10.6. The average molecular weight is 376 g/mol. The number of carbonyl (C=O) groups is 1. The molecule has 1 heterocycles. The molecular weight excluding hydrogens is 362 g/mol. The summed E-state index contributed by atoms with van der Waals surface area (Å²) in [5.74, 6) is 0. The predicted molar refractivity (Wildman–Crippen MR) is 94.5 cm³/mol. The third-order valence-corrected chi connectivity index (χ3v) is 4.71. The van der Waals surface area contributed by atoms with Gasteiger partial charge in [0.05, 0.1) is 10.2 Å². The highest BCUT2D eigenvalue weighted by atomic mass is 79.9. The van der Waals surface area contributed by atoms with Gasteiger partial charge in [-0.25, -0.2) is 9.78 Å². The highest BCUT2D eigenvalue weighted by molar-refractivity contribution is 9.10. The number of urea groups is 1. The molecule has 3 aromatic rings. The van der Waals surface area contributed by atoms with Crippen molar-refractivity contribution < 1.29 is 4.79 Å². The van der Waals surface area contributed by atoms with Gasteiger partial charge in [0, 0.05) is 11.0 Å². The minimum Gasteiger partial charge on any atom is -0.337 e. The number of para-hydroxylation sites is 1. The quantitative estimate of drug-likeness (QED) is 0.708. The van der Waals surface area contributed by atoms with Gasteiger partial charge in [-0.3, -0.25) is 5.32 Å². The van der Waals surface area contributed by atoms with Crippen molar-refractivity contribution in [3.8, 4) is 0 Å². The number of thiazole rings is 1. The van der Waals surface area contributed by atoms with Crippen LogP contribution in [0.3, 0.4) is 0 Å². The Hall–Kier alpha value is -1.92. The maximum atomic E-state index is 11.9. The lowest BCUT2D eigenvalue weighted by atomic mass is 10.1. The van der Waals surface area contributed by atoms with Gasteiger partial charge in [0.1, 0.15) is 0 Å². The Balaban J connectivity index is 1.55. The number of carbonyl (C=O) groups excluding carboxylic acids is 1. The molecular formula is C16H14BrN3OS. The van der Waals surface area contributed by atoms with Crippen molar-refractivity contribution in [1.82, 2.24) is 10.3 Å². The fourth-order valence-electron chi connectivity index (χ4n) is 2.07. The van der Waals surface area contributed by atoms with E-state index >= 15 is 0 Å².